The molecule has 0 bridgehead atoms. The second-order valence-corrected chi connectivity index (χ2v) is 14.2. The van der Waals surface area contributed by atoms with Gasteiger partial charge >= 0.3 is 5.97 Å². The summed E-state index contributed by atoms with van der Waals surface area (Å²) in [6.07, 6.45) is 29.8. The van der Waals surface area contributed by atoms with Gasteiger partial charge in [0, 0.05) is 12.8 Å². The summed E-state index contributed by atoms with van der Waals surface area (Å²) in [5.74, 6) is 3.71. The van der Waals surface area contributed by atoms with E-state index in [-0.39, 0.29) is 12.1 Å². The van der Waals surface area contributed by atoms with Gasteiger partial charge in [-0.2, -0.15) is 0 Å². The van der Waals surface area contributed by atoms with Crippen LogP contribution in [0.25, 0.3) is 0 Å². The van der Waals surface area contributed by atoms with Crippen molar-refractivity contribution in [2.45, 2.75) is 169 Å². The molecule has 0 N–H and O–H groups in total. The zero-order chi connectivity index (χ0) is 26.3. The molecule has 212 valence electrons. The smallest absolute Gasteiger partial charge is 0.306 e. The quantitative estimate of drug-likeness (QED) is 0.131. The van der Waals surface area contributed by atoms with E-state index in [4.69, 9.17) is 4.74 Å². The van der Waals surface area contributed by atoms with Gasteiger partial charge in [0.15, 0.2) is 0 Å². The summed E-state index contributed by atoms with van der Waals surface area (Å²) in [4.78, 5) is 12.5. The fraction of sp³-hybridized carbons (Fsp3) is 0.914. The van der Waals surface area contributed by atoms with Crippen LogP contribution in [-0.2, 0) is 9.53 Å². The van der Waals surface area contributed by atoms with Crippen LogP contribution >= 0.6 is 0 Å². The average Bonchev–Trinajstić information content (AvgIpc) is 3.22. The molecule has 0 saturated heterocycles. The summed E-state index contributed by atoms with van der Waals surface area (Å²) >= 11 is 0. The molecule has 3 saturated carbocycles. The summed E-state index contributed by atoms with van der Waals surface area (Å²) in [6.45, 7) is 9.84. The lowest BCUT2D eigenvalue weighted by Gasteiger charge is -2.58. The van der Waals surface area contributed by atoms with Crippen LogP contribution in [0, 0.1) is 34.5 Å². The van der Waals surface area contributed by atoms with Crippen molar-refractivity contribution >= 4 is 5.97 Å². The molecule has 4 aliphatic carbocycles. The van der Waals surface area contributed by atoms with Gasteiger partial charge in [0.2, 0.25) is 0 Å². The lowest BCUT2D eigenvalue weighted by molar-refractivity contribution is -0.151. The van der Waals surface area contributed by atoms with Crippen LogP contribution < -0.4 is 0 Å². The van der Waals surface area contributed by atoms with E-state index >= 15 is 0 Å². The van der Waals surface area contributed by atoms with Crippen LogP contribution in [0.4, 0.5) is 0 Å². The van der Waals surface area contributed by atoms with Crippen molar-refractivity contribution in [3.05, 3.63) is 11.6 Å². The summed E-state index contributed by atoms with van der Waals surface area (Å²) < 4.78 is 6.02. The molecule has 2 nitrogen and oxygen atoms in total. The fourth-order valence-electron chi connectivity index (χ4n) is 9.60. The van der Waals surface area contributed by atoms with E-state index < -0.39 is 0 Å². The highest BCUT2D eigenvalue weighted by molar-refractivity contribution is 5.69. The highest BCUT2D eigenvalue weighted by atomic mass is 16.5. The number of hydrogen-bond acceptors (Lipinski definition) is 2. The highest BCUT2D eigenvalue weighted by Gasteiger charge is 2.58. The van der Waals surface area contributed by atoms with Gasteiger partial charge in [-0.25, -0.2) is 0 Å². The minimum Gasteiger partial charge on any atom is -0.462 e. The SMILES string of the molecule is CCCCCCCC[C@H]1CC[C@H]2[C@@H]3CC=C4C[C@@H](OC(=O)CCCCCCC)CC[C@]4(C)[C@H]3CC[C@]12C. The molecule has 7 atom stereocenters. The Hall–Kier alpha value is -0.790. The second kappa shape index (κ2) is 13.5. The van der Waals surface area contributed by atoms with Crippen molar-refractivity contribution in [1.29, 1.82) is 0 Å². The van der Waals surface area contributed by atoms with Gasteiger partial charge in [0.05, 0.1) is 0 Å². The topological polar surface area (TPSA) is 26.3 Å². The van der Waals surface area contributed by atoms with E-state index in [1.165, 1.54) is 109 Å². The Morgan fingerprint density at radius 3 is 2.30 bits per heavy atom. The summed E-state index contributed by atoms with van der Waals surface area (Å²) in [5, 5.41) is 0. The molecule has 3 fully saturated rings. The van der Waals surface area contributed by atoms with Crippen molar-refractivity contribution in [2.75, 3.05) is 0 Å². The van der Waals surface area contributed by atoms with Gasteiger partial charge in [-0.15, -0.1) is 0 Å². The van der Waals surface area contributed by atoms with Gasteiger partial charge in [0.1, 0.15) is 6.10 Å². The van der Waals surface area contributed by atoms with Gasteiger partial charge < -0.3 is 4.74 Å². The summed E-state index contributed by atoms with van der Waals surface area (Å²) in [5.41, 5.74) is 2.59. The Kier molecular flexibility index (Phi) is 10.7. The van der Waals surface area contributed by atoms with Crippen LogP contribution in [0.1, 0.15) is 163 Å². The first-order valence-electron chi connectivity index (χ1n) is 16.8. The Balaban J connectivity index is 1.29. The van der Waals surface area contributed by atoms with E-state index in [1.807, 2.05) is 0 Å². The third-order valence-corrected chi connectivity index (χ3v) is 11.9. The number of fused-ring (bicyclic) bond motifs is 5. The largest absolute Gasteiger partial charge is 0.462 e. The number of hydrogen-bond donors (Lipinski definition) is 0. The molecule has 2 heteroatoms. The maximum absolute atomic E-state index is 12.5. The van der Waals surface area contributed by atoms with Crippen molar-refractivity contribution < 1.29 is 9.53 Å². The number of carbonyl (C=O) groups is 1. The zero-order valence-corrected chi connectivity index (χ0v) is 25.1. The van der Waals surface area contributed by atoms with E-state index in [0.29, 0.717) is 17.3 Å². The average molecular weight is 513 g/mol. The van der Waals surface area contributed by atoms with Gasteiger partial charge in [-0.3, -0.25) is 4.79 Å². The lowest BCUT2D eigenvalue weighted by Crippen LogP contribution is -2.50. The molecule has 0 radical (unpaired) electrons. The Labute approximate surface area is 230 Å². The predicted molar refractivity (Wildman–Crippen MR) is 156 cm³/mol. The monoisotopic (exact) mass is 512 g/mol. The molecule has 0 unspecified atom stereocenters. The molecule has 0 aromatic heterocycles. The third kappa shape index (κ3) is 6.69. The normalized spacial score (nSPS) is 36.9. The van der Waals surface area contributed by atoms with Crippen LogP contribution in [0.5, 0.6) is 0 Å². The van der Waals surface area contributed by atoms with Crippen molar-refractivity contribution in [2.24, 2.45) is 34.5 Å². The maximum Gasteiger partial charge on any atom is 0.306 e. The second-order valence-electron chi connectivity index (χ2n) is 14.2. The maximum atomic E-state index is 12.5. The highest BCUT2D eigenvalue weighted by Crippen LogP contribution is 2.66. The number of ether oxygens (including phenoxy) is 1. The lowest BCUT2D eigenvalue weighted by atomic mass is 9.47. The molecule has 4 rings (SSSR count). The van der Waals surface area contributed by atoms with Crippen molar-refractivity contribution in [3.63, 3.8) is 0 Å². The number of esters is 1. The summed E-state index contributed by atoms with van der Waals surface area (Å²) in [6, 6.07) is 0. The van der Waals surface area contributed by atoms with E-state index in [9.17, 15) is 4.79 Å². The Morgan fingerprint density at radius 1 is 0.838 bits per heavy atom. The van der Waals surface area contributed by atoms with Gasteiger partial charge in [-0.1, -0.05) is 104 Å². The van der Waals surface area contributed by atoms with E-state index in [2.05, 4.69) is 33.8 Å². The van der Waals surface area contributed by atoms with Crippen LogP contribution in [0.15, 0.2) is 11.6 Å². The Bertz CT molecular complexity index is 754. The molecule has 0 aromatic rings. The molecular weight excluding hydrogens is 452 g/mol. The molecule has 0 heterocycles. The molecule has 0 amide bonds. The number of rotatable bonds is 14. The standard InChI is InChI=1S/C35H60O2/c1-5-7-9-11-13-14-16-27-19-21-31-30-20-18-28-26-29(37-33(36)17-15-12-10-8-6-2)22-24-35(28,4)32(30)23-25-34(27,31)3/h18,27,29-32H,5-17,19-26H2,1-4H3/t27-,29-,30-,31-,32-,34+,35-/m0/s1. The molecule has 0 spiro atoms. The van der Waals surface area contributed by atoms with Crippen molar-refractivity contribution in [3.8, 4) is 0 Å². The van der Waals surface area contributed by atoms with Crippen LogP contribution in [0.3, 0.4) is 0 Å². The first-order valence-corrected chi connectivity index (χ1v) is 16.8. The van der Waals surface area contributed by atoms with E-state index in [1.54, 1.807) is 5.57 Å². The minimum absolute atomic E-state index is 0.0511. The molecule has 37 heavy (non-hydrogen) atoms. The first-order chi connectivity index (χ1) is 17.9. The zero-order valence-electron chi connectivity index (χ0n) is 25.1. The first kappa shape index (κ1) is 29.2. The predicted octanol–water partition coefficient (Wildman–Crippen LogP) is 10.6. The fourth-order valence-corrected chi connectivity index (χ4v) is 9.60. The van der Waals surface area contributed by atoms with E-state index in [0.717, 1.165) is 42.9 Å². The van der Waals surface area contributed by atoms with Crippen LogP contribution in [-0.4, -0.2) is 12.1 Å². The number of carbonyl (C=O) groups excluding carboxylic acids is 1. The van der Waals surface area contributed by atoms with Crippen LogP contribution in [0.2, 0.25) is 0 Å². The number of unbranched alkanes of at least 4 members (excludes halogenated alkanes) is 9. The summed E-state index contributed by atoms with van der Waals surface area (Å²) in [7, 11) is 0. The van der Waals surface area contributed by atoms with Gasteiger partial charge in [-0.05, 0) is 92.3 Å². The minimum atomic E-state index is 0.0511. The molecule has 0 aromatic carbocycles. The number of allylic oxidation sites excluding steroid dienone is 1. The Morgan fingerprint density at radius 2 is 1.54 bits per heavy atom. The van der Waals surface area contributed by atoms with Crippen molar-refractivity contribution in [1.82, 2.24) is 0 Å². The molecular formula is C35H60O2. The van der Waals surface area contributed by atoms with Gasteiger partial charge in [0.25, 0.3) is 0 Å². The third-order valence-electron chi connectivity index (χ3n) is 11.9. The molecule has 0 aliphatic heterocycles. The molecule has 4 aliphatic rings.